The van der Waals surface area contributed by atoms with E-state index in [1.54, 1.807) is 42.5 Å². The fourth-order valence-corrected chi connectivity index (χ4v) is 4.95. The second-order valence-electron chi connectivity index (χ2n) is 9.29. The van der Waals surface area contributed by atoms with Crippen LogP contribution in [-0.2, 0) is 10.1 Å². The average molecular weight is 584 g/mol. The van der Waals surface area contributed by atoms with Crippen LogP contribution in [0.5, 0.6) is 5.75 Å². The Morgan fingerprint density at radius 3 is 1.64 bits per heavy atom. The number of halogens is 3. The molecule has 0 aliphatic rings. The minimum atomic E-state index is -5.86. The molecule has 0 bridgehead atoms. The third-order valence-electron chi connectivity index (χ3n) is 6.46. The first-order valence-electron chi connectivity index (χ1n) is 12.7. The van der Waals surface area contributed by atoms with Gasteiger partial charge < -0.3 is 4.18 Å². The molecule has 0 radical (unpaired) electrons. The second kappa shape index (κ2) is 10.7. The van der Waals surface area contributed by atoms with Crippen LogP contribution in [0.25, 0.3) is 56.1 Å². The summed E-state index contributed by atoms with van der Waals surface area (Å²) in [6.07, 6.45) is 0. The highest BCUT2D eigenvalue weighted by atomic mass is 32.2. The summed E-state index contributed by atoms with van der Waals surface area (Å²) in [5, 5.41) is 1.20. The van der Waals surface area contributed by atoms with Gasteiger partial charge in [0, 0.05) is 16.7 Å². The van der Waals surface area contributed by atoms with Gasteiger partial charge in [-0.15, -0.1) is 0 Å². The molecule has 10 heteroatoms. The molecule has 6 aromatic rings. The number of aromatic nitrogens is 3. The molecule has 0 saturated heterocycles. The van der Waals surface area contributed by atoms with E-state index in [4.69, 9.17) is 15.0 Å². The summed E-state index contributed by atoms with van der Waals surface area (Å²) < 4.78 is 67.3. The van der Waals surface area contributed by atoms with E-state index in [2.05, 4.69) is 4.18 Å². The number of nitrogens with zero attached hydrogens (tertiary/aromatic N) is 3. The standard InChI is InChI=1S/C32H20F3N3O3S/c33-32(34,35)42(39,40)41-26-19-24-14-7-8-17-27(24)28(20-26)23-15-9-16-25(18-23)31-37-29(21-10-3-1-4-11-21)36-30(38-31)22-12-5-2-6-13-22/h1-20H. The van der Waals surface area contributed by atoms with Gasteiger partial charge in [0.15, 0.2) is 17.5 Å². The van der Waals surface area contributed by atoms with Gasteiger partial charge in [0.05, 0.1) is 0 Å². The molecule has 5 aromatic carbocycles. The molecule has 0 spiro atoms. The van der Waals surface area contributed by atoms with Gasteiger partial charge in [-0.05, 0) is 40.1 Å². The molecule has 0 aliphatic carbocycles. The van der Waals surface area contributed by atoms with E-state index in [0.29, 0.717) is 44.9 Å². The fourth-order valence-electron chi connectivity index (χ4n) is 4.51. The van der Waals surface area contributed by atoms with E-state index in [1.165, 1.54) is 12.1 Å². The van der Waals surface area contributed by atoms with Gasteiger partial charge in [-0.1, -0.05) is 103 Å². The molecule has 42 heavy (non-hydrogen) atoms. The Kier molecular flexibility index (Phi) is 6.91. The number of alkyl halides is 3. The van der Waals surface area contributed by atoms with Gasteiger partial charge in [0.2, 0.25) is 0 Å². The Labute approximate surface area is 239 Å². The zero-order chi connectivity index (χ0) is 29.3. The van der Waals surface area contributed by atoms with Crippen LogP contribution in [0.2, 0.25) is 0 Å². The zero-order valence-corrected chi connectivity index (χ0v) is 22.5. The summed E-state index contributed by atoms with van der Waals surface area (Å²) in [7, 11) is -5.86. The highest BCUT2D eigenvalue weighted by Gasteiger charge is 2.48. The van der Waals surface area contributed by atoms with E-state index < -0.39 is 21.4 Å². The van der Waals surface area contributed by atoms with E-state index in [-0.39, 0.29) is 0 Å². The third kappa shape index (κ3) is 5.44. The number of rotatable bonds is 6. The van der Waals surface area contributed by atoms with Crippen LogP contribution < -0.4 is 4.18 Å². The largest absolute Gasteiger partial charge is 0.534 e. The topological polar surface area (TPSA) is 82.0 Å². The molecule has 1 heterocycles. The van der Waals surface area contributed by atoms with Crippen molar-refractivity contribution in [2.24, 2.45) is 0 Å². The van der Waals surface area contributed by atoms with Crippen LogP contribution >= 0.6 is 0 Å². The number of benzene rings is 5. The van der Waals surface area contributed by atoms with E-state index >= 15 is 0 Å². The molecule has 0 amide bonds. The van der Waals surface area contributed by atoms with Crippen molar-refractivity contribution in [1.29, 1.82) is 0 Å². The summed E-state index contributed by atoms with van der Waals surface area (Å²) >= 11 is 0. The number of fused-ring (bicyclic) bond motifs is 1. The van der Waals surface area contributed by atoms with E-state index in [0.717, 1.165) is 11.1 Å². The quantitative estimate of drug-likeness (QED) is 0.146. The first-order valence-corrected chi connectivity index (χ1v) is 14.1. The van der Waals surface area contributed by atoms with Crippen molar-refractivity contribution >= 4 is 20.9 Å². The van der Waals surface area contributed by atoms with Gasteiger partial charge in [-0.25, -0.2) is 15.0 Å². The molecule has 0 saturated carbocycles. The minimum Gasteiger partial charge on any atom is -0.376 e. The molecular weight excluding hydrogens is 563 g/mol. The van der Waals surface area contributed by atoms with E-state index in [9.17, 15) is 21.6 Å². The Bertz CT molecular complexity index is 1960. The highest BCUT2D eigenvalue weighted by molar-refractivity contribution is 7.88. The highest BCUT2D eigenvalue weighted by Crippen LogP contribution is 2.37. The summed E-state index contributed by atoms with van der Waals surface area (Å²) in [6.45, 7) is 0. The maximum atomic E-state index is 13.1. The SMILES string of the molecule is O=S(=O)(Oc1cc(-c2cccc(-c3nc(-c4ccccc4)nc(-c4ccccc4)n3)c2)c2ccccc2c1)C(F)(F)F. The van der Waals surface area contributed by atoms with Crippen molar-refractivity contribution in [3.8, 4) is 51.0 Å². The second-order valence-corrected chi connectivity index (χ2v) is 10.8. The molecule has 6 rings (SSSR count). The Balaban J connectivity index is 1.50. The van der Waals surface area contributed by atoms with Gasteiger partial charge in [0.25, 0.3) is 0 Å². The van der Waals surface area contributed by atoms with Gasteiger partial charge in [-0.3, -0.25) is 0 Å². The third-order valence-corrected chi connectivity index (χ3v) is 7.43. The summed E-state index contributed by atoms with van der Waals surface area (Å²) in [4.78, 5) is 14.2. The molecule has 0 aliphatic heterocycles. The first kappa shape index (κ1) is 27.1. The fraction of sp³-hybridized carbons (Fsp3) is 0.0312. The lowest BCUT2D eigenvalue weighted by Crippen LogP contribution is -2.28. The maximum absolute atomic E-state index is 13.1. The Morgan fingerprint density at radius 1 is 0.548 bits per heavy atom. The van der Waals surface area contributed by atoms with Crippen molar-refractivity contribution in [3.05, 3.63) is 121 Å². The molecular formula is C32H20F3N3O3S. The van der Waals surface area contributed by atoms with Crippen LogP contribution in [0.3, 0.4) is 0 Å². The van der Waals surface area contributed by atoms with Crippen LogP contribution in [0.1, 0.15) is 0 Å². The molecule has 6 nitrogen and oxygen atoms in total. The van der Waals surface area contributed by atoms with Gasteiger partial charge in [-0.2, -0.15) is 21.6 Å². The first-order chi connectivity index (χ1) is 20.2. The average Bonchev–Trinajstić information content (AvgIpc) is 3.00. The lowest BCUT2D eigenvalue weighted by atomic mass is 9.96. The minimum absolute atomic E-state index is 0.390. The molecule has 0 unspecified atom stereocenters. The monoisotopic (exact) mass is 583 g/mol. The maximum Gasteiger partial charge on any atom is 0.534 e. The Hall–Kier alpha value is -5.09. The van der Waals surface area contributed by atoms with Crippen molar-refractivity contribution < 1.29 is 25.8 Å². The van der Waals surface area contributed by atoms with Crippen LogP contribution in [0, 0.1) is 0 Å². The summed E-state index contributed by atoms with van der Waals surface area (Å²) in [5.41, 5.74) is -2.26. The molecule has 0 fully saturated rings. The summed E-state index contributed by atoms with van der Waals surface area (Å²) in [6, 6.07) is 35.6. The lowest BCUT2D eigenvalue weighted by molar-refractivity contribution is -0.0500. The molecule has 0 atom stereocenters. The lowest BCUT2D eigenvalue weighted by Gasteiger charge is -2.14. The normalized spacial score (nSPS) is 11.9. The molecule has 0 N–H and O–H groups in total. The van der Waals surface area contributed by atoms with Gasteiger partial charge >= 0.3 is 15.6 Å². The van der Waals surface area contributed by atoms with Crippen molar-refractivity contribution in [1.82, 2.24) is 15.0 Å². The Morgan fingerprint density at radius 2 is 1.05 bits per heavy atom. The zero-order valence-electron chi connectivity index (χ0n) is 21.7. The van der Waals surface area contributed by atoms with Crippen molar-refractivity contribution in [2.75, 3.05) is 0 Å². The predicted octanol–water partition coefficient (Wildman–Crippen LogP) is 7.92. The number of hydrogen-bond acceptors (Lipinski definition) is 6. The summed E-state index contributed by atoms with van der Waals surface area (Å²) in [5.74, 6) is 0.886. The van der Waals surface area contributed by atoms with Crippen molar-refractivity contribution in [3.63, 3.8) is 0 Å². The molecule has 1 aromatic heterocycles. The van der Waals surface area contributed by atoms with Crippen LogP contribution in [0.4, 0.5) is 13.2 Å². The molecule has 208 valence electrons. The van der Waals surface area contributed by atoms with Crippen LogP contribution in [0.15, 0.2) is 121 Å². The van der Waals surface area contributed by atoms with Crippen LogP contribution in [-0.4, -0.2) is 28.9 Å². The van der Waals surface area contributed by atoms with Crippen molar-refractivity contribution in [2.45, 2.75) is 5.51 Å². The predicted molar refractivity (Wildman–Crippen MR) is 155 cm³/mol. The number of hydrogen-bond donors (Lipinski definition) is 0. The smallest absolute Gasteiger partial charge is 0.376 e. The van der Waals surface area contributed by atoms with E-state index in [1.807, 2.05) is 66.7 Å². The van der Waals surface area contributed by atoms with Gasteiger partial charge in [0.1, 0.15) is 5.75 Å².